The van der Waals surface area contributed by atoms with Crippen molar-refractivity contribution < 1.29 is 23.8 Å². The Labute approximate surface area is 420 Å². The van der Waals surface area contributed by atoms with E-state index in [1.54, 1.807) is 73.1 Å². The number of hydrogen-bond acceptors (Lipinski definition) is 9. The van der Waals surface area contributed by atoms with Gasteiger partial charge in [0.15, 0.2) is 5.82 Å². The Hall–Kier alpha value is -7.71. The second kappa shape index (κ2) is 20.2. The number of ether oxygens (including phenoxy) is 1. The van der Waals surface area contributed by atoms with Gasteiger partial charge in [-0.2, -0.15) is 5.10 Å². The molecule has 72 heavy (non-hydrogen) atoms. The first-order valence-corrected chi connectivity index (χ1v) is 24.3. The van der Waals surface area contributed by atoms with Gasteiger partial charge < -0.3 is 29.9 Å². The van der Waals surface area contributed by atoms with Gasteiger partial charge in [-0.25, -0.2) is 14.1 Å². The number of benzene rings is 4. The molecule has 0 bridgehead atoms. The van der Waals surface area contributed by atoms with Gasteiger partial charge in [-0.1, -0.05) is 76.2 Å². The number of carbonyl (C=O) groups excluding carboxylic acids is 2. The fraction of sp³-hybridized carbons (Fsp3) is 0.310. The molecule has 3 unspecified atom stereocenters. The third-order valence-corrected chi connectivity index (χ3v) is 13.4. The van der Waals surface area contributed by atoms with Crippen molar-refractivity contribution in [2.24, 2.45) is 13.0 Å². The Balaban J connectivity index is 0.000000208. The van der Waals surface area contributed by atoms with E-state index in [-0.39, 0.29) is 29.2 Å². The maximum Gasteiger partial charge on any atom is 0.271 e. The smallest absolute Gasteiger partial charge is 0.271 e. The van der Waals surface area contributed by atoms with E-state index in [4.69, 9.17) is 9.72 Å². The summed E-state index contributed by atoms with van der Waals surface area (Å²) in [6.07, 6.45) is 5.35. The highest BCUT2D eigenvalue weighted by molar-refractivity contribution is 6.06. The number of fused-ring (bicyclic) bond motifs is 2. The highest BCUT2D eigenvalue weighted by Gasteiger charge is 2.43. The summed E-state index contributed by atoms with van der Waals surface area (Å²) in [6, 6.07) is 29.5. The molecule has 2 aliphatic heterocycles. The van der Waals surface area contributed by atoms with E-state index in [0.29, 0.717) is 68.2 Å². The number of halogens is 1. The molecule has 3 aromatic heterocycles. The Morgan fingerprint density at radius 3 is 2.15 bits per heavy atom. The first-order valence-electron chi connectivity index (χ1n) is 24.3. The molecular weight excluding hydrogens is 908 g/mol. The molecule has 0 saturated heterocycles. The molecule has 3 atom stereocenters. The van der Waals surface area contributed by atoms with Crippen molar-refractivity contribution >= 4 is 34.1 Å². The second-order valence-electron chi connectivity index (χ2n) is 20.0. The van der Waals surface area contributed by atoms with Crippen LogP contribution in [0.2, 0.25) is 0 Å². The molecule has 0 spiro atoms. The van der Waals surface area contributed by atoms with E-state index in [0.717, 1.165) is 28.1 Å². The number of nitrogens with one attached hydrogen (secondary N) is 2. The van der Waals surface area contributed by atoms with Gasteiger partial charge in [0.25, 0.3) is 11.5 Å². The zero-order valence-corrected chi connectivity index (χ0v) is 43.0. The fourth-order valence-corrected chi connectivity index (χ4v) is 9.23. The van der Waals surface area contributed by atoms with Crippen LogP contribution in [-0.4, -0.2) is 59.2 Å². The number of likely N-dealkylation sites (N-methyl/N-ethyl adjacent to an activating group) is 1. The number of pyridine rings is 1. The van der Waals surface area contributed by atoms with Crippen LogP contribution in [0.1, 0.15) is 111 Å². The molecule has 9 rings (SSSR count). The first kappa shape index (κ1) is 50.7. The first-order chi connectivity index (χ1) is 34.1. The standard InChI is InChI=1S/C35H38FN3O4.C23H25N5O/c1-19(2)22-8-11-25(12-9-22)37-33(40)29-17-27-28(18-39(7)34(41)31(27)38-29)26-16-23(35(5,6)42)10-13-30(26)43-32-20(3)14-24(36)15-21(32)4;1-14(2)18-12-21-20(13-24-18)25-22(19-11-15(3)23(29)27(5)26-19)28(21)16(4)17-9-7-6-8-10-17/h8-19,27,31,38,42H,1-7H3,(H,37,40);6-14,16H,1-5H3. The average Bonchev–Trinajstić information content (AvgIpc) is 3.96. The summed E-state index contributed by atoms with van der Waals surface area (Å²) < 4.78 is 24.0. The van der Waals surface area contributed by atoms with E-state index in [2.05, 4.69) is 78.1 Å². The second-order valence-corrected chi connectivity index (χ2v) is 20.0. The summed E-state index contributed by atoms with van der Waals surface area (Å²) in [6.45, 7) is 19.4. The summed E-state index contributed by atoms with van der Waals surface area (Å²) in [5.74, 6) is 1.08. The molecule has 3 N–H and O–H groups in total. The van der Waals surface area contributed by atoms with Crippen molar-refractivity contribution in [3.63, 3.8) is 0 Å². The molecule has 0 radical (unpaired) electrons. The van der Waals surface area contributed by atoms with Crippen molar-refractivity contribution in [2.45, 2.75) is 98.8 Å². The number of aryl methyl sites for hydroxylation is 4. The van der Waals surface area contributed by atoms with Crippen LogP contribution in [0, 0.1) is 32.5 Å². The van der Waals surface area contributed by atoms with Crippen LogP contribution in [0.5, 0.6) is 11.5 Å². The van der Waals surface area contributed by atoms with Crippen molar-refractivity contribution in [2.75, 3.05) is 12.4 Å². The Kier molecular flexibility index (Phi) is 14.2. The molecule has 372 valence electrons. The zero-order valence-electron chi connectivity index (χ0n) is 43.0. The lowest BCUT2D eigenvalue weighted by molar-refractivity contribution is -0.130. The van der Waals surface area contributed by atoms with E-state index < -0.39 is 17.6 Å². The SMILES string of the molecule is Cc1cc(-c2nc3cnc(C(C)C)cc3n2C(C)c2ccccc2)nn(C)c1=O.Cc1cc(F)cc(C)c1Oc1ccc(C(C)(C)O)cc1C1=CN(C)C(=O)C2NC(C(=O)Nc3ccc(C(C)C)cc3)=CC12. The Bertz CT molecular complexity index is 3280. The molecule has 4 aromatic carbocycles. The number of amides is 2. The average molecular weight is 971 g/mol. The van der Waals surface area contributed by atoms with Gasteiger partial charge in [0.05, 0.1) is 29.1 Å². The van der Waals surface area contributed by atoms with Crippen LogP contribution in [0.4, 0.5) is 10.1 Å². The minimum absolute atomic E-state index is 0.0398. The topological polar surface area (TPSA) is 156 Å². The fourth-order valence-electron chi connectivity index (χ4n) is 9.23. The normalized spacial score (nSPS) is 15.9. The summed E-state index contributed by atoms with van der Waals surface area (Å²) in [4.78, 5) is 49.7. The van der Waals surface area contributed by atoms with Crippen LogP contribution in [0.15, 0.2) is 126 Å². The molecule has 0 aliphatic carbocycles. The Morgan fingerprint density at radius 1 is 0.847 bits per heavy atom. The van der Waals surface area contributed by atoms with Crippen molar-refractivity contribution in [3.8, 4) is 23.0 Å². The van der Waals surface area contributed by atoms with Gasteiger partial charge in [-0.15, -0.1) is 0 Å². The summed E-state index contributed by atoms with van der Waals surface area (Å²) >= 11 is 0. The largest absolute Gasteiger partial charge is 0.456 e. The van der Waals surface area contributed by atoms with Crippen LogP contribution >= 0.6 is 0 Å². The molecule has 7 aromatic rings. The maximum atomic E-state index is 14.0. The minimum Gasteiger partial charge on any atom is -0.456 e. The summed E-state index contributed by atoms with van der Waals surface area (Å²) in [5, 5.41) is 21.4. The van der Waals surface area contributed by atoms with Crippen LogP contribution in [0.25, 0.3) is 28.1 Å². The number of hydrogen-bond donors (Lipinski definition) is 3. The molecule has 2 amide bonds. The highest BCUT2D eigenvalue weighted by atomic mass is 19.1. The third kappa shape index (κ3) is 10.4. The number of anilines is 1. The van der Waals surface area contributed by atoms with Crippen LogP contribution in [0.3, 0.4) is 0 Å². The monoisotopic (exact) mass is 970 g/mol. The quantitative estimate of drug-likeness (QED) is 0.115. The van der Waals surface area contributed by atoms with E-state index in [1.807, 2.05) is 60.8 Å². The predicted octanol–water partition coefficient (Wildman–Crippen LogP) is 10.7. The maximum absolute atomic E-state index is 14.0. The van der Waals surface area contributed by atoms with Gasteiger partial charge in [0, 0.05) is 48.7 Å². The molecule has 0 saturated carbocycles. The van der Waals surface area contributed by atoms with Gasteiger partial charge in [0.2, 0.25) is 5.91 Å². The van der Waals surface area contributed by atoms with E-state index in [1.165, 1.54) is 32.8 Å². The Morgan fingerprint density at radius 2 is 1.53 bits per heavy atom. The lowest BCUT2D eigenvalue weighted by Crippen LogP contribution is -2.47. The van der Waals surface area contributed by atoms with Crippen molar-refractivity contribution in [1.29, 1.82) is 0 Å². The van der Waals surface area contributed by atoms with Crippen molar-refractivity contribution in [3.05, 3.63) is 182 Å². The summed E-state index contributed by atoms with van der Waals surface area (Å²) in [5.41, 5.74) is 9.55. The van der Waals surface area contributed by atoms with E-state index in [9.17, 15) is 23.9 Å². The highest BCUT2D eigenvalue weighted by Crippen LogP contribution is 2.44. The molecule has 0 fully saturated rings. The number of aromatic nitrogens is 5. The number of nitrogens with zero attached hydrogens (tertiary/aromatic N) is 6. The van der Waals surface area contributed by atoms with Crippen molar-refractivity contribution in [1.82, 2.24) is 34.5 Å². The van der Waals surface area contributed by atoms with Gasteiger partial charge in [-0.05, 0) is 141 Å². The molecule has 13 nitrogen and oxygen atoms in total. The van der Waals surface area contributed by atoms with Crippen LogP contribution < -0.4 is 20.9 Å². The molecular formula is C58H63FN8O5. The lowest BCUT2D eigenvalue weighted by Gasteiger charge is -2.32. The number of rotatable bonds is 11. The predicted molar refractivity (Wildman–Crippen MR) is 281 cm³/mol. The number of carbonyl (C=O) groups is 2. The molecule has 2 aliphatic rings. The molecule has 14 heteroatoms. The van der Waals surface area contributed by atoms with Gasteiger partial charge in [-0.3, -0.25) is 19.4 Å². The number of aliphatic hydroxyl groups is 1. The minimum atomic E-state index is -1.15. The van der Waals surface area contributed by atoms with E-state index >= 15 is 0 Å². The lowest BCUT2D eigenvalue weighted by atomic mass is 9.83. The summed E-state index contributed by atoms with van der Waals surface area (Å²) in [7, 11) is 3.34. The number of imidazole rings is 1. The zero-order chi connectivity index (χ0) is 51.9. The van der Waals surface area contributed by atoms with Gasteiger partial charge in [0.1, 0.15) is 34.6 Å². The third-order valence-electron chi connectivity index (χ3n) is 13.4. The molecule has 5 heterocycles. The van der Waals surface area contributed by atoms with Gasteiger partial charge >= 0.3 is 0 Å². The van der Waals surface area contributed by atoms with Crippen LogP contribution in [-0.2, 0) is 22.2 Å².